The number of anilines is 3. The normalized spacial score (nSPS) is 10.3. The molecule has 0 saturated heterocycles. The number of hydrogen-bond acceptors (Lipinski definition) is 3. The number of amides is 1. The Labute approximate surface area is 114 Å². The first kappa shape index (κ1) is 13.3. The molecule has 19 heavy (non-hydrogen) atoms. The molecule has 4 nitrogen and oxygen atoms in total. The van der Waals surface area contributed by atoms with E-state index >= 15 is 0 Å². The number of nitrogen functional groups attached to an aromatic ring is 1. The van der Waals surface area contributed by atoms with Crippen LogP contribution in [0.15, 0.2) is 36.5 Å². The van der Waals surface area contributed by atoms with Crippen LogP contribution in [0.3, 0.4) is 0 Å². The van der Waals surface area contributed by atoms with Crippen LogP contribution >= 0.6 is 11.6 Å². The lowest BCUT2D eigenvalue weighted by Crippen LogP contribution is -2.24. The molecule has 0 aliphatic rings. The molecule has 0 spiro atoms. The molecular weight excluding hydrogens is 269 g/mol. The van der Waals surface area contributed by atoms with Gasteiger partial charge in [0, 0.05) is 29.9 Å². The molecule has 0 atom stereocenters. The summed E-state index contributed by atoms with van der Waals surface area (Å²) >= 11 is 5.79. The van der Waals surface area contributed by atoms with E-state index in [9.17, 15) is 9.18 Å². The van der Waals surface area contributed by atoms with Gasteiger partial charge < -0.3 is 5.73 Å². The molecule has 1 aromatic heterocycles. The molecule has 0 fully saturated rings. The van der Waals surface area contributed by atoms with Crippen molar-refractivity contribution in [2.24, 2.45) is 0 Å². The standard InChI is InChI=1S/C13H11ClFN3O/c1-8(19)18(13-7-11(16)2-3-17-13)12-5-9(14)4-10(15)6-12/h2-7H,1H3,(H2,16,17). The summed E-state index contributed by atoms with van der Waals surface area (Å²) in [6.45, 7) is 1.35. The zero-order valence-electron chi connectivity index (χ0n) is 10.1. The van der Waals surface area contributed by atoms with Crippen molar-refractivity contribution in [3.63, 3.8) is 0 Å². The molecule has 1 amide bonds. The van der Waals surface area contributed by atoms with E-state index in [0.717, 1.165) is 6.07 Å². The first-order chi connectivity index (χ1) is 8.97. The number of benzene rings is 1. The van der Waals surface area contributed by atoms with E-state index in [2.05, 4.69) is 4.98 Å². The maximum absolute atomic E-state index is 13.4. The topological polar surface area (TPSA) is 59.2 Å². The molecule has 0 saturated carbocycles. The summed E-state index contributed by atoms with van der Waals surface area (Å²) in [5.41, 5.74) is 6.41. The van der Waals surface area contributed by atoms with Crippen molar-refractivity contribution in [2.75, 3.05) is 10.6 Å². The van der Waals surface area contributed by atoms with Gasteiger partial charge in [0.15, 0.2) is 0 Å². The third-order valence-electron chi connectivity index (χ3n) is 2.42. The van der Waals surface area contributed by atoms with Crippen LogP contribution < -0.4 is 10.6 Å². The van der Waals surface area contributed by atoms with Crippen LogP contribution in [0.25, 0.3) is 0 Å². The number of nitrogens with zero attached hydrogens (tertiary/aromatic N) is 2. The Morgan fingerprint density at radius 3 is 2.68 bits per heavy atom. The van der Waals surface area contributed by atoms with Crippen LogP contribution in [-0.2, 0) is 4.79 Å². The van der Waals surface area contributed by atoms with E-state index in [0.29, 0.717) is 17.2 Å². The Kier molecular flexibility index (Phi) is 3.66. The first-order valence-corrected chi connectivity index (χ1v) is 5.83. The summed E-state index contributed by atoms with van der Waals surface area (Å²) in [6.07, 6.45) is 1.47. The molecule has 98 valence electrons. The highest BCUT2D eigenvalue weighted by Crippen LogP contribution is 2.28. The minimum absolute atomic E-state index is 0.199. The van der Waals surface area contributed by atoms with Gasteiger partial charge in [-0.1, -0.05) is 11.6 Å². The molecule has 2 N–H and O–H groups in total. The number of carbonyl (C=O) groups is 1. The summed E-state index contributed by atoms with van der Waals surface area (Å²) in [6, 6.07) is 6.98. The summed E-state index contributed by atoms with van der Waals surface area (Å²) in [7, 11) is 0. The third kappa shape index (κ3) is 3.00. The van der Waals surface area contributed by atoms with Crippen molar-refractivity contribution in [1.29, 1.82) is 0 Å². The Bertz CT molecular complexity index is 613. The second kappa shape index (κ2) is 5.24. The van der Waals surface area contributed by atoms with Crippen LogP contribution in [-0.4, -0.2) is 10.9 Å². The zero-order chi connectivity index (χ0) is 14.0. The predicted molar refractivity (Wildman–Crippen MR) is 72.9 cm³/mol. The Balaban J connectivity index is 2.54. The number of aromatic nitrogens is 1. The van der Waals surface area contributed by atoms with Crippen LogP contribution in [0.4, 0.5) is 21.6 Å². The van der Waals surface area contributed by atoms with Crippen LogP contribution in [0.2, 0.25) is 5.02 Å². The number of rotatable bonds is 2. The van der Waals surface area contributed by atoms with E-state index in [4.69, 9.17) is 17.3 Å². The molecule has 1 aromatic carbocycles. The fraction of sp³-hybridized carbons (Fsp3) is 0.0769. The molecular formula is C13H11ClFN3O. The molecule has 0 aliphatic heterocycles. The summed E-state index contributed by atoms with van der Waals surface area (Å²) < 4.78 is 13.4. The summed E-state index contributed by atoms with van der Waals surface area (Å²) in [4.78, 5) is 17.1. The number of pyridine rings is 1. The Hall–Kier alpha value is -2.14. The summed E-state index contributed by atoms with van der Waals surface area (Å²) in [5, 5.41) is 0.199. The Morgan fingerprint density at radius 2 is 2.11 bits per heavy atom. The highest BCUT2D eigenvalue weighted by Gasteiger charge is 2.17. The third-order valence-corrected chi connectivity index (χ3v) is 2.64. The van der Waals surface area contributed by atoms with Crippen molar-refractivity contribution in [1.82, 2.24) is 4.98 Å². The van der Waals surface area contributed by atoms with Crippen molar-refractivity contribution in [2.45, 2.75) is 6.92 Å². The summed E-state index contributed by atoms with van der Waals surface area (Å²) in [5.74, 6) is -0.536. The average molecular weight is 280 g/mol. The minimum Gasteiger partial charge on any atom is -0.399 e. The lowest BCUT2D eigenvalue weighted by molar-refractivity contribution is -0.115. The maximum Gasteiger partial charge on any atom is 0.229 e. The lowest BCUT2D eigenvalue weighted by Gasteiger charge is -2.20. The highest BCUT2D eigenvalue weighted by molar-refractivity contribution is 6.31. The largest absolute Gasteiger partial charge is 0.399 e. The van der Waals surface area contributed by atoms with E-state index in [1.807, 2.05) is 0 Å². The molecule has 0 radical (unpaired) electrons. The monoisotopic (exact) mass is 279 g/mol. The molecule has 2 aromatic rings. The van der Waals surface area contributed by atoms with Crippen molar-refractivity contribution >= 4 is 34.7 Å². The number of halogens is 2. The number of nitrogens with two attached hydrogens (primary N) is 1. The van der Waals surface area contributed by atoms with Gasteiger partial charge in [0.1, 0.15) is 11.6 Å². The SMILES string of the molecule is CC(=O)N(c1cc(F)cc(Cl)c1)c1cc(N)ccn1. The first-order valence-electron chi connectivity index (χ1n) is 5.45. The molecule has 6 heteroatoms. The highest BCUT2D eigenvalue weighted by atomic mass is 35.5. The van der Waals surface area contributed by atoms with Crippen molar-refractivity contribution < 1.29 is 9.18 Å². The number of carbonyl (C=O) groups excluding carboxylic acids is 1. The molecule has 0 bridgehead atoms. The van der Waals surface area contributed by atoms with Gasteiger partial charge in [0.2, 0.25) is 5.91 Å². The van der Waals surface area contributed by atoms with E-state index in [1.165, 1.54) is 36.2 Å². The van der Waals surface area contributed by atoms with E-state index in [-0.39, 0.29) is 10.9 Å². The van der Waals surface area contributed by atoms with E-state index < -0.39 is 5.82 Å². The predicted octanol–water partition coefficient (Wildman–Crippen LogP) is 3.14. The van der Waals surface area contributed by atoms with Crippen molar-refractivity contribution in [3.05, 3.63) is 47.4 Å². The molecule has 0 unspecified atom stereocenters. The average Bonchev–Trinajstić information content (AvgIpc) is 2.27. The molecule has 2 rings (SSSR count). The fourth-order valence-corrected chi connectivity index (χ4v) is 1.92. The second-order valence-electron chi connectivity index (χ2n) is 3.93. The lowest BCUT2D eigenvalue weighted by atomic mass is 10.2. The van der Waals surface area contributed by atoms with Gasteiger partial charge in [-0.25, -0.2) is 9.37 Å². The zero-order valence-corrected chi connectivity index (χ0v) is 10.9. The van der Waals surface area contributed by atoms with Gasteiger partial charge in [-0.2, -0.15) is 0 Å². The van der Waals surface area contributed by atoms with Crippen LogP contribution in [0, 0.1) is 5.82 Å². The van der Waals surface area contributed by atoms with Gasteiger partial charge in [-0.05, 0) is 24.3 Å². The molecule has 0 aliphatic carbocycles. The minimum atomic E-state index is -0.530. The Morgan fingerprint density at radius 1 is 1.37 bits per heavy atom. The van der Waals surface area contributed by atoms with Crippen molar-refractivity contribution in [3.8, 4) is 0 Å². The van der Waals surface area contributed by atoms with Crippen LogP contribution in [0.5, 0.6) is 0 Å². The van der Waals surface area contributed by atoms with Gasteiger partial charge in [-0.3, -0.25) is 9.69 Å². The second-order valence-corrected chi connectivity index (χ2v) is 4.37. The van der Waals surface area contributed by atoms with Gasteiger partial charge in [0.05, 0.1) is 5.69 Å². The van der Waals surface area contributed by atoms with Gasteiger partial charge in [0.25, 0.3) is 0 Å². The van der Waals surface area contributed by atoms with Gasteiger partial charge in [-0.15, -0.1) is 0 Å². The number of hydrogen-bond donors (Lipinski definition) is 1. The van der Waals surface area contributed by atoms with E-state index in [1.54, 1.807) is 6.07 Å². The maximum atomic E-state index is 13.4. The quantitative estimate of drug-likeness (QED) is 0.919. The fourth-order valence-electron chi connectivity index (χ4n) is 1.70. The van der Waals surface area contributed by atoms with Gasteiger partial charge >= 0.3 is 0 Å². The smallest absolute Gasteiger partial charge is 0.229 e. The van der Waals surface area contributed by atoms with Crippen LogP contribution in [0.1, 0.15) is 6.92 Å². The molecule has 1 heterocycles.